The van der Waals surface area contributed by atoms with Crippen LogP contribution in [0.3, 0.4) is 0 Å². The van der Waals surface area contributed by atoms with Crippen LogP contribution in [-0.4, -0.2) is 49.1 Å². The molecule has 6 nitrogen and oxygen atoms in total. The zero-order valence-electron chi connectivity index (χ0n) is 9.44. The van der Waals surface area contributed by atoms with Gasteiger partial charge in [0.15, 0.2) is 0 Å². The van der Waals surface area contributed by atoms with Gasteiger partial charge in [0, 0.05) is 26.2 Å². The highest BCUT2D eigenvalue weighted by Gasteiger charge is 2.05. The molecule has 84 valence electrons. The Morgan fingerprint density at radius 1 is 1.13 bits per heavy atom. The zero-order chi connectivity index (χ0) is 11.4. The van der Waals surface area contributed by atoms with Gasteiger partial charge < -0.3 is 21.3 Å². The van der Waals surface area contributed by atoms with Gasteiger partial charge in [0.1, 0.15) is 11.6 Å². The standard InChI is InChI=1S/C9H18N6/c1-14(2)4-5-15(3)8-6-7(10)12-9(11)13-8/h6H,4-5H2,1-3H3,(H4,10,11,12,13). The average molecular weight is 210 g/mol. The maximum absolute atomic E-state index is 5.58. The molecule has 0 unspecified atom stereocenters. The van der Waals surface area contributed by atoms with E-state index < -0.39 is 0 Å². The van der Waals surface area contributed by atoms with Crippen LogP contribution in [0, 0.1) is 0 Å². The largest absolute Gasteiger partial charge is 0.383 e. The van der Waals surface area contributed by atoms with Crippen molar-refractivity contribution in [3.05, 3.63) is 6.07 Å². The van der Waals surface area contributed by atoms with Crippen molar-refractivity contribution in [1.82, 2.24) is 14.9 Å². The molecule has 0 aromatic carbocycles. The van der Waals surface area contributed by atoms with E-state index in [0.29, 0.717) is 5.82 Å². The number of nitrogen functional groups attached to an aromatic ring is 2. The van der Waals surface area contributed by atoms with Gasteiger partial charge in [-0.05, 0) is 14.1 Å². The van der Waals surface area contributed by atoms with Gasteiger partial charge in [-0.25, -0.2) is 0 Å². The number of hydrogen-bond donors (Lipinski definition) is 2. The Kier molecular flexibility index (Phi) is 3.68. The summed E-state index contributed by atoms with van der Waals surface area (Å²) in [7, 11) is 6.00. The monoisotopic (exact) mass is 210 g/mol. The number of nitrogens with zero attached hydrogens (tertiary/aromatic N) is 4. The fraction of sp³-hybridized carbons (Fsp3) is 0.556. The van der Waals surface area contributed by atoms with Gasteiger partial charge in [0.25, 0.3) is 0 Å². The van der Waals surface area contributed by atoms with Crippen molar-refractivity contribution in [2.75, 3.05) is 50.6 Å². The maximum atomic E-state index is 5.58. The summed E-state index contributed by atoms with van der Waals surface area (Å²) >= 11 is 0. The molecule has 0 amide bonds. The van der Waals surface area contributed by atoms with Crippen LogP contribution in [0.1, 0.15) is 0 Å². The second kappa shape index (κ2) is 4.79. The SMILES string of the molecule is CN(C)CCN(C)c1cc(N)nc(N)n1. The first kappa shape index (κ1) is 11.5. The van der Waals surface area contributed by atoms with Crippen LogP contribution in [0.4, 0.5) is 17.6 Å². The number of rotatable bonds is 4. The van der Waals surface area contributed by atoms with E-state index in [1.165, 1.54) is 0 Å². The van der Waals surface area contributed by atoms with Gasteiger partial charge in [-0.15, -0.1) is 0 Å². The van der Waals surface area contributed by atoms with E-state index in [4.69, 9.17) is 11.5 Å². The molecule has 0 saturated carbocycles. The Morgan fingerprint density at radius 2 is 1.80 bits per heavy atom. The smallest absolute Gasteiger partial charge is 0.223 e. The van der Waals surface area contributed by atoms with Gasteiger partial charge in [-0.1, -0.05) is 0 Å². The summed E-state index contributed by atoms with van der Waals surface area (Å²) in [5.41, 5.74) is 11.1. The van der Waals surface area contributed by atoms with E-state index >= 15 is 0 Å². The average Bonchev–Trinajstić information content (AvgIpc) is 2.12. The molecule has 1 heterocycles. The lowest BCUT2D eigenvalue weighted by Gasteiger charge is -2.20. The Hall–Kier alpha value is -1.56. The predicted octanol–water partition coefficient (Wildman–Crippen LogP) is -0.361. The Morgan fingerprint density at radius 3 is 2.33 bits per heavy atom. The molecule has 6 heteroatoms. The van der Waals surface area contributed by atoms with Crippen molar-refractivity contribution < 1.29 is 0 Å². The first-order chi connectivity index (χ1) is 6.99. The van der Waals surface area contributed by atoms with Gasteiger partial charge in [0.2, 0.25) is 5.95 Å². The number of hydrogen-bond acceptors (Lipinski definition) is 6. The van der Waals surface area contributed by atoms with Crippen LogP contribution in [0.5, 0.6) is 0 Å². The number of likely N-dealkylation sites (N-methyl/N-ethyl adjacent to an activating group) is 2. The minimum absolute atomic E-state index is 0.210. The van der Waals surface area contributed by atoms with Crippen LogP contribution in [-0.2, 0) is 0 Å². The molecule has 0 spiro atoms. The molecule has 1 aromatic heterocycles. The van der Waals surface area contributed by atoms with E-state index in [0.717, 1.165) is 18.9 Å². The lowest BCUT2D eigenvalue weighted by Crippen LogP contribution is -2.29. The second-order valence-electron chi connectivity index (χ2n) is 3.73. The number of nitrogens with two attached hydrogens (primary N) is 2. The first-order valence-corrected chi connectivity index (χ1v) is 4.75. The van der Waals surface area contributed by atoms with E-state index in [-0.39, 0.29) is 5.95 Å². The summed E-state index contributed by atoms with van der Waals surface area (Å²) in [6, 6.07) is 1.71. The van der Waals surface area contributed by atoms with Crippen molar-refractivity contribution in [2.24, 2.45) is 0 Å². The van der Waals surface area contributed by atoms with Crippen LogP contribution >= 0.6 is 0 Å². The summed E-state index contributed by atoms with van der Waals surface area (Å²) in [6.45, 7) is 1.81. The van der Waals surface area contributed by atoms with Crippen LogP contribution in [0.2, 0.25) is 0 Å². The molecule has 1 rings (SSSR count). The van der Waals surface area contributed by atoms with Gasteiger partial charge in [-0.3, -0.25) is 0 Å². The fourth-order valence-corrected chi connectivity index (χ4v) is 1.13. The van der Waals surface area contributed by atoms with Crippen LogP contribution < -0.4 is 16.4 Å². The molecule has 0 fully saturated rings. The Bertz CT molecular complexity index is 304. The molecule has 0 aliphatic carbocycles. The van der Waals surface area contributed by atoms with Crippen molar-refractivity contribution in [2.45, 2.75) is 0 Å². The van der Waals surface area contributed by atoms with Crippen LogP contribution in [0.15, 0.2) is 6.07 Å². The predicted molar refractivity (Wildman–Crippen MR) is 62.7 cm³/mol. The summed E-state index contributed by atoms with van der Waals surface area (Å²) in [5, 5.41) is 0. The lowest BCUT2D eigenvalue weighted by molar-refractivity contribution is 0.416. The van der Waals surface area contributed by atoms with Gasteiger partial charge in [-0.2, -0.15) is 9.97 Å². The summed E-state index contributed by atoms with van der Waals surface area (Å²) in [5.74, 6) is 1.36. The van der Waals surface area contributed by atoms with Crippen molar-refractivity contribution in [3.63, 3.8) is 0 Å². The molecule has 0 bridgehead atoms. The maximum Gasteiger partial charge on any atom is 0.223 e. The lowest BCUT2D eigenvalue weighted by atomic mass is 10.4. The van der Waals surface area contributed by atoms with Crippen molar-refractivity contribution in [3.8, 4) is 0 Å². The third kappa shape index (κ3) is 3.59. The Labute approximate surface area is 89.9 Å². The molecule has 0 aliphatic heterocycles. The summed E-state index contributed by atoms with van der Waals surface area (Å²) in [6.07, 6.45) is 0. The summed E-state index contributed by atoms with van der Waals surface area (Å²) < 4.78 is 0. The molecular formula is C9H18N6. The zero-order valence-corrected chi connectivity index (χ0v) is 9.44. The highest BCUT2D eigenvalue weighted by Crippen LogP contribution is 2.12. The van der Waals surface area contributed by atoms with Gasteiger partial charge >= 0.3 is 0 Å². The van der Waals surface area contributed by atoms with Crippen molar-refractivity contribution in [1.29, 1.82) is 0 Å². The Balaban J connectivity index is 2.68. The highest BCUT2D eigenvalue weighted by molar-refractivity contribution is 5.49. The third-order valence-corrected chi connectivity index (χ3v) is 2.02. The minimum Gasteiger partial charge on any atom is -0.383 e. The summed E-state index contributed by atoms with van der Waals surface area (Å²) in [4.78, 5) is 12.0. The van der Waals surface area contributed by atoms with Gasteiger partial charge in [0.05, 0.1) is 0 Å². The van der Waals surface area contributed by atoms with E-state index in [1.54, 1.807) is 6.07 Å². The molecule has 0 saturated heterocycles. The quantitative estimate of drug-likeness (QED) is 0.706. The van der Waals surface area contributed by atoms with Crippen LogP contribution in [0.25, 0.3) is 0 Å². The molecule has 15 heavy (non-hydrogen) atoms. The highest BCUT2D eigenvalue weighted by atomic mass is 15.2. The molecule has 0 radical (unpaired) electrons. The second-order valence-corrected chi connectivity index (χ2v) is 3.73. The first-order valence-electron chi connectivity index (χ1n) is 4.75. The normalized spacial score (nSPS) is 10.7. The molecule has 1 aromatic rings. The molecular weight excluding hydrogens is 192 g/mol. The van der Waals surface area contributed by atoms with E-state index in [2.05, 4.69) is 14.9 Å². The number of anilines is 3. The van der Waals surface area contributed by atoms with E-state index in [9.17, 15) is 0 Å². The van der Waals surface area contributed by atoms with Crippen molar-refractivity contribution >= 4 is 17.6 Å². The minimum atomic E-state index is 0.210. The molecule has 4 N–H and O–H groups in total. The third-order valence-electron chi connectivity index (χ3n) is 2.02. The fourth-order valence-electron chi connectivity index (χ4n) is 1.13. The molecule has 0 atom stereocenters. The van der Waals surface area contributed by atoms with E-state index in [1.807, 2.05) is 26.0 Å². The topological polar surface area (TPSA) is 84.3 Å². The molecule has 0 aliphatic rings. The number of aromatic nitrogens is 2.